The van der Waals surface area contributed by atoms with Crippen molar-refractivity contribution in [1.29, 1.82) is 0 Å². The second kappa shape index (κ2) is 6.58. The molecule has 0 radical (unpaired) electrons. The standard InChI is InChI=1S/C17H16F2N2OS/c1-11(12-7-9-13(10-8-12)22-16(18)19)23-17-20-14-5-3-4-6-15(14)21(17)2/h3-11,16H,1-2H3. The van der Waals surface area contributed by atoms with Crippen LogP contribution in [0.2, 0.25) is 0 Å². The summed E-state index contributed by atoms with van der Waals surface area (Å²) in [7, 11) is 1.99. The van der Waals surface area contributed by atoms with E-state index in [-0.39, 0.29) is 11.0 Å². The molecule has 6 heteroatoms. The van der Waals surface area contributed by atoms with E-state index in [1.165, 1.54) is 0 Å². The van der Waals surface area contributed by atoms with Gasteiger partial charge in [0.1, 0.15) is 5.75 Å². The summed E-state index contributed by atoms with van der Waals surface area (Å²) in [4.78, 5) is 4.64. The van der Waals surface area contributed by atoms with Gasteiger partial charge in [-0.1, -0.05) is 36.0 Å². The van der Waals surface area contributed by atoms with Crippen molar-refractivity contribution in [3.8, 4) is 5.75 Å². The van der Waals surface area contributed by atoms with E-state index in [4.69, 9.17) is 0 Å². The predicted molar refractivity (Wildman–Crippen MR) is 88.1 cm³/mol. The van der Waals surface area contributed by atoms with Gasteiger partial charge in [-0.15, -0.1) is 0 Å². The number of nitrogens with zero attached hydrogens (tertiary/aromatic N) is 2. The van der Waals surface area contributed by atoms with E-state index in [1.54, 1.807) is 36.0 Å². The summed E-state index contributed by atoms with van der Waals surface area (Å²) in [6.45, 7) is -0.736. The zero-order valence-corrected chi connectivity index (χ0v) is 13.6. The fourth-order valence-corrected chi connectivity index (χ4v) is 3.39. The lowest BCUT2D eigenvalue weighted by molar-refractivity contribution is -0.0498. The molecule has 0 saturated heterocycles. The number of hydrogen-bond acceptors (Lipinski definition) is 3. The lowest BCUT2D eigenvalue weighted by Crippen LogP contribution is -2.02. The fraction of sp³-hybridized carbons (Fsp3) is 0.235. The number of imidazole rings is 1. The second-order valence-corrected chi connectivity index (χ2v) is 6.46. The molecule has 1 aromatic heterocycles. The van der Waals surface area contributed by atoms with Crippen LogP contribution in [0.5, 0.6) is 5.75 Å². The van der Waals surface area contributed by atoms with Gasteiger partial charge >= 0.3 is 6.61 Å². The van der Waals surface area contributed by atoms with Crippen LogP contribution in [-0.2, 0) is 7.05 Å². The number of benzene rings is 2. The van der Waals surface area contributed by atoms with E-state index in [0.717, 1.165) is 21.8 Å². The molecule has 1 heterocycles. The molecule has 0 saturated carbocycles. The van der Waals surface area contributed by atoms with Crippen molar-refractivity contribution in [2.24, 2.45) is 7.05 Å². The van der Waals surface area contributed by atoms with Crippen LogP contribution in [0.25, 0.3) is 11.0 Å². The van der Waals surface area contributed by atoms with Crippen LogP contribution in [0.3, 0.4) is 0 Å². The number of halogens is 2. The van der Waals surface area contributed by atoms with E-state index in [9.17, 15) is 8.78 Å². The number of aryl methyl sites for hydroxylation is 1. The normalized spacial score (nSPS) is 12.7. The van der Waals surface area contributed by atoms with Crippen LogP contribution in [0.4, 0.5) is 8.78 Å². The molecule has 3 nitrogen and oxygen atoms in total. The third-order valence-corrected chi connectivity index (χ3v) is 4.80. The summed E-state index contributed by atoms with van der Waals surface area (Å²) in [5.41, 5.74) is 3.08. The van der Waals surface area contributed by atoms with E-state index in [0.29, 0.717) is 0 Å². The Balaban J connectivity index is 1.77. The molecular weight excluding hydrogens is 318 g/mol. The number of rotatable bonds is 5. The molecule has 0 aliphatic rings. The van der Waals surface area contributed by atoms with Crippen molar-refractivity contribution >= 4 is 22.8 Å². The monoisotopic (exact) mass is 334 g/mol. The third-order valence-electron chi connectivity index (χ3n) is 3.60. The number of aromatic nitrogens is 2. The molecule has 0 aliphatic carbocycles. The van der Waals surface area contributed by atoms with Crippen molar-refractivity contribution in [3.05, 3.63) is 54.1 Å². The van der Waals surface area contributed by atoms with E-state index in [1.807, 2.05) is 31.3 Å². The number of fused-ring (bicyclic) bond motifs is 1. The Kier molecular flexibility index (Phi) is 4.52. The largest absolute Gasteiger partial charge is 0.435 e. The van der Waals surface area contributed by atoms with Crippen molar-refractivity contribution in [2.45, 2.75) is 23.9 Å². The van der Waals surface area contributed by atoms with Gasteiger partial charge in [0.05, 0.1) is 11.0 Å². The van der Waals surface area contributed by atoms with Gasteiger partial charge < -0.3 is 9.30 Å². The van der Waals surface area contributed by atoms with Crippen molar-refractivity contribution in [1.82, 2.24) is 9.55 Å². The molecule has 0 amide bonds. The maximum Gasteiger partial charge on any atom is 0.387 e. The molecule has 2 aromatic carbocycles. The second-order valence-electron chi connectivity index (χ2n) is 5.15. The average Bonchev–Trinajstić information content (AvgIpc) is 2.84. The van der Waals surface area contributed by atoms with Crippen molar-refractivity contribution < 1.29 is 13.5 Å². The SMILES string of the molecule is CC(Sc1nc2ccccc2n1C)c1ccc(OC(F)F)cc1. The third kappa shape index (κ3) is 3.47. The zero-order chi connectivity index (χ0) is 16.4. The predicted octanol–water partition coefficient (Wildman–Crippen LogP) is 5.03. The Bertz CT molecular complexity index is 802. The number of alkyl halides is 2. The molecule has 0 aliphatic heterocycles. The van der Waals surface area contributed by atoms with Crippen LogP contribution < -0.4 is 4.74 Å². The number of ether oxygens (including phenoxy) is 1. The summed E-state index contributed by atoms with van der Waals surface area (Å²) in [5, 5.41) is 1.07. The summed E-state index contributed by atoms with van der Waals surface area (Å²) in [6, 6.07) is 14.7. The van der Waals surface area contributed by atoms with Gasteiger partial charge in [0.2, 0.25) is 0 Å². The minimum atomic E-state index is -2.80. The maximum absolute atomic E-state index is 12.2. The van der Waals surface area contributed by atoms with Crippen molar-refractivity contribution in [3.63, 3.8) is 0 Å². The average molecular weight is 334 g/mol. The van der Waals surface area contributed by atoms with Gasteiger partial charge in [0.25, 0.3) is 0 Å². The summed E-state index contributed by atoms with van der Waals surface area (Å²) in [6.07, 6.45) is 0. The van der Waals surface area contributed by atoms with Gasteiger partial charge in [-0.25, -0.2) is 4.98 Å². The highest BCUT2D eigenvalue weighted by atomic mass is 32.2. The van der Waals surface area contributed by atoms with E-state index < -0.39 is 6.61 Å². The topological polar surface area (TPSA) is 27.1 Å². The Morgan fingerprint density at radius 2 is 1.78 bits per heavy atom. The minimum absolute atomic E-state index is 0.145. The van der Waals surface area contributed by atoms with Crippen LogP contribution in [-0.4, -0.2) is 16.2 Å². The van der Waals surface area contributed by atoms with Gasteiger partial charge in [0.15, 0.2) is 5.16 Å². The molecular formula is C17H16F2N2OS. The summed E-state index contributed by atoms with van der Waals surface area (Å²) >= 11 is 1.63. The van der Waals surface area contributed by atoms with Gasteiger partial charge in [-0.05, 0) is 36.8 Å². The zero-order valence-electron chi connectivity index (χ0n) is 12.7. The smallest absolute Gasteiger partial charge is 0.387 e. The lowest BCUT2D eigenvalue weighted by atomic mass is 10.2. The Morgan fingerprint density at radius 1 is 1.09 bits per heavy atom. The van der Waals surface area contributed by atoms with Crippen LogP contribution >= 0.6 is 11.8 Å². The van der Waals surface area contributed by atoms with E-state index in [2.05, 4.69) is 21.2 Å². The first-order valence-electron chi connectivity index (χ1n) is 7.17. The molecule has 0 N–H and O–H groups in total. The summed E-state index contributed by atoms with van der Waals surface area (Å²) in [5.74, 6) is 0.170. The van der Waals surface area contributed by atoms with Gasteiger partial charge in [0, 0.05) is 12.3 Å². The van der Waals surface area contributed by atoms with Gasteiger partial charge in [-0.3, -0.25) is 0 Å². The van der Waals surface area contributed by atoms with Crippen LogP contribution in [0, 0.1) is 0 Å². The maximum atomic E-state index is 12.2. The first kappa shape index (κ1) is 15.8. The fourth-order valence-electron chi connectivity index (χ4n) is 2.38. The molecule has 120 valence electrons. The van der Waals surface area contributed by atoms with E-state index >= 15 is 0 Å². The Hall–Kier alpha value is -2.08. The molecule has 0 spiro atoms. The highest BCUT2D eigenvalue weighted by Gasteiger charge is 2.14. The number of para-hydroxylation sites is 2. The molecule has 23 heavy (non-hydrogen) atoms. The number of thioether (sulfide) groups is 1. The molecule has 0 fully saturated rings. The highest BCUT2D eigenvalue weighted by molar-refractivity contribution is 7.99. The van der Waals surface area contributed by atoms with Gasteiger partial charge in [-0.2, -0.15) is 8.78 Å². The first-order valence-corrected chi connectivity index (χ1v) is 8.05. The molecule has 3 aromatic rings. The number of hydrogen-bond donors (Lipinski definition) is 0. The molecule has 1 unspecified atom stereocenters. The van der Waals surface area contributed by atoms with Crippen LogP contribution in [0.1, 0.15) is 17.7 Å². The quantitative estimate of drug-likeness (QED) is 0.613. The molecule has 1 atom stereocenters. The highest BCUT2D eigenvalue weighted by Crippen LogP contribution is 2.36. The molecule has 0 bridgehead atoms. The summed E-state index contributed by atoms with van der Waals surface area (Å²) < 4.78 is 30.8. The lowest BCUT2D eigenvalue weighted by Gasteiger charge is -2.12. The minimum Gasteiger partial charge on any atom is -0.435 e. The molecule has 3 rings (SSSR count). The Morgan fingerprint density at radius 3 is 2.43 bits per heavy atom. The first-order chi connectivity index (χ1) is 11.0. The Labute approximate surface area is 137 Å². The van der Waals surface area contributed by atoms with Crippen molar-refractivity contribution in [2.75, 3.05) is 0 Å². The van der Waals surface area contributed by atoms with Crippen LogP contribution in [0.15, 0.2) is 53.7 Å².